The summed E-state index contributed by atoms with van der Waals surface area (Å²) in [5.74, 6) is 0.293. The molecule has 3 rings (SSSR count). The van der Waals surface area contributed by atoms with E-state index >= 15 is 0 Å². The minimum absolute atomic E-state index is 0.0680. The van der Waals surface area contributed by atoms with Crippen LogP contribution in [-0.4, -0.2) is 27.6 Å². The fourth-order valence-electron chi connectivity index (χ4n) is 3.41. The van der Waals surface area contributed by atoms with Gasteiger partial charge in [0, 0.05) is 39.9 Å². The summed E-state index contributed by atoms with van der Waals surface area (Å²) >= 11 is 0. The van der Waals surface area contributed by atoms with Crippen LogP contribution in [0.15, 0.2) is 24.3 Å². The summed E-state index contributed by atoms with van der Waals surface area (Å²) in [6, 6.07) is 7.69. The summed E-state index contributed by atoms with van der Waals surface area (Å²) in [6.45, 7) is 0.570. The Morgan fingerprint density at radius 1 is 1.20 bits per heavy atom. The van der Waals surface area contributed by atoms with Crippen molar-refractivity contribution in [1.82, 2.24) is 0 Å². The second-order valence-electron chi connectivity index (χ2n) is 5.81. The van der Waals surface area contributed by atoms with Crippen LogP contribution in [0.2, 0.25) is 0 Å². The number of rotatable bonds is 4. The van der Waals surface area contributed by atoms with Gasteiger partial charge in [0.15, 0.2) is 5.78 Å². The van der Waals surface area contributed by atoms with Crippen molar-refractivity contribution in [3.8, 4) is 0 Å². The maximum Gasteiger partial charge on any atom is 0.166 e. The second-order valence-corrected chi connectivity index (χ2v) is 7.80. The summed E-state index contributed by atoms with van der Waals surface area (Å²) in [7, 11) is 0.976. The van der Waals surface area contributed by atoms with Crippen molar-refractivity contribution >= 4 is 16.6 Å². The van der Waals surface area contributed by atoms with Gasteiger partial charge < -0.3 is 4.74 Å². The van der Waals surface area contributed by atoms with Crippen LogP contribution < -0.4 is 0 Å². The summed E-state index contributed by atoms with van der Waals surface area (Å²) in [6.07, 6.45) is 3.69. The van der Waals surface area contributed by atoms with E-state index in [1.165, 1.54) is 0 Å². The maximum absolute atomic E-state index is 12.6. The maximum atomic E-state index is 12.6. The molecule has 3 nitrogen and oxygen atoms in total. The lowest BCUT2D eigenvalue weighted by Gasteiger charge is -2.26. The second kappa shape index (κ2) is 5.78. The highest BCUT2D eigenvalue weighted by Crippen LogP contribution is 2.39. The molecule has 0 amide bonds. The average Bonchev–Trinajstić information content (AvgIpc) is 2.68. The third kappa shape index (κ3) is 2.59. The van der Waals surface area contributed by atoms with E-state index in [1.54, 1.807) is 7.11 Å². The number of carbonyl (C=O) groups is 1. The number of Topliss-reactive ketones (excluding diaryl/α,β-unsaturated/α-hetero) is 1. The first-order valence-corrected chi connectivity index (χ1v) is 8.48. The van der Waals surface area contributed by atoms with Crippen molar-refractivity contribution in [2.24, 2.45) is 5.92 Å². The quantitative estimate of drug-likeness (QED) is 0.801. The highest BCUT2D eigenvalue weighted by molar-refractivity contribution is 7.86. The third-order valence-electron chi connectivity index (χ3n) is 4.48. The van der Waals surface area contributed by atoms with Crippen molar-refractivity contribution in [1.29, 1.82) is 0 Å². The number of methoxy groups -OCH3 is 1. The summed E-state index contributed by atoms with van der Waals surface area (Å²) < 4.78 is 17.1. The molecule has 2 bridgehead atoms. The molecule has 2 unspecified atom stereocenters. The lowest BCUT2D eigenvalue weighted by Crippen LogP contribution is -2.32. The standard InChI is InChI=1S/C16H20O3S/c1-19-10-11-2-4-12(5-3-11)16(17)13-8-14-6-7-15(9-13)20(14)18/h2-5,13-15H,6-10H2,1H3. The molecule has 2 heterocycles. The van der Waals surface area contributed by atoms with Gasteiger partial charge in [-0.3, -0.25) is 9.00 Å². The van der Waals surface area contributed by atoms with Gasteiger partial charge in [0.1, 0.15) is 0 Å². The zero-order chi connectivity index (χ0) is 14.1. The highest BCUT2D eigenvalue weighted by Gasteiger charge is 2.42. The molecule has 1 aromatic carbocycles. The Kier molecular flexibility index (Phi) is 4.03. The molecule has 2 saturated heterocycles. The van der Waals surface area contributed by atoms with Crippen LogP contribution in [-0.2, 0) is 22.1 Å². The number of hydrogen-bond acceptors (Lipinski definition) is 3. The number of carbonyl (C=O) groups excluding carboxylic acids is 1. The van der Waals surface area contributed by atoms with Gasteiger partial charge in [0.2, 0.25) is 0 Å². The first-order valence-electron chi connectivity index (χ1n) is 7.20. The molecule has 108 valence electrons. The minimum Gasteiger partial charge on any atom is -0.380 e. The number of ether oxygens (including phenoxy) is 1. The van der Waals surface area contributed by atoms with E-state index in [-0.39, 0.29) is 22.2 Å². The van der Waals surface area contributed by atoms with Gasteiger partial charge in [0.25, 0.3) is 0 Å². The van der Waals surface area contributed by atoms with Crippen LogP contribution in [0.4, 0.5) is 0 Å². The van der Waals surface area contributed by atoms with E-state index in [0.29, 0.717) is 6.61 Å². The lowest BCUT2D eigenvalue weighted by atomic mass is 9.90. The molecule has 2 aliphatic heterocycles. The Morgan fingerprint density at radius 3 is 2.35 bits per heavy atom. The zero-order valence-electron chi connectivity index (χ0n) is 11.7. The van der Waals surface area contributed by atoms with E-state index in [4.69, 9.17) is 4.74 Å². The monoisotopic (exact) mass is 292 g/mol. The van der Waals surface area contributed by atoms with Crippen molar-refractivity contribution in [3.63, 3.8) is 0 Å². The van der Waals surface area contributed by atoms with Gasteiger partial charge in [-0.15, -0.1) is 0 Å². The average molecular weight is 292 g/mol. The summed E-state index contributed by atoms with van der Waals surface area (Å²) in [5.41, 5.74) is 1.86. The summed E-state index contributed by atoms with van der Waals surface area (Å²) in [4.78, 5) is 12.6. The van der Waals surface area contributed by atoms with E-state index in [9.17, 15) is 9.00 Å². The summed E-state index contributed by atoms with van der Waals surface area (Å²) in [5, 5.41) is 0.519. The van der Waals surface area contributed by atoms with Gasteiger partial charge in [-0.25, -0.2) is 0 Å². The number of fused-ring (bicyclic) bond motifs is 2. The van der Waals surface area contributed by atoms with Gasteiger partial charge in [-0.1, -0.05) is 24.3 Å². The normalized spacial score (nSPS) is 32.2. The smallest absolute Gasteiger partial charge is 0.166 e. The van der Waals surface area contributed by atoms with Crippen LogP contribution in [0.3, 0.4) is 0 Å². The minimum atomic E-state index is -0.687. The van der Waals surface area contributed by atoms with E-state index < -0.39 is 10.8 Å². The topological polar surface area (TPSA) is 43.4 Å². The molecule has 2 atom stereocenters. The van der Waals surface area contributed by atoms with Crippen molar-refractivity contribution in [2.75, 3.05) is 7.11 Å². The highest BCUT2D eigenvalue weighted by atomic mass is 32.2. The molecule has 0 radical (unpaired) electrons. The molecule has 1 aromatic rings. The van der Waals surface area contributed by atoms with Crippen molar-refractivity contribution in [3.05, 3.63) is 35.4 Å². The molecule has 0 aromatic heterocycles. The zero-order valence-corrected chi connectivity index (χ0v) is 12.5. The van der Waals surface area contributed by atoms with Crippen molar-refractivity contribution in [2.45, 2.75) is 42.8 Å². The first-order chi connectivity index (χ1) is 9.69. The molecule has 0 aliphatic carbocycles. The molecule has 0 spiro atoms. The van der Waals surface area contributed by atoms with Gasteiger partial charge in [-0.2, -0.15) is 0 Å². The molecular formula is C16H20O3S. The van der Waals surface area contributed by atoms with Crippen molar-refractivity contribution < 1.29 is 13.7 Å². The van der Waals surface area contributed by atoms with Gasteiger partial charge >= 0.3 is 0 Å². The molecular weight excluding hydrogens is 272 g/mol. The number of benzene rings is 1. The predicted molar refractivity (Wildman–Crippen MR) is 79.2 cm³/mol. The molecule has 0 saturated carbocycles. The largest absolute Gasteiger partial charge is 0.380 e. The molecule has 0 N–H and O–H groups in total. The fourth-order valence-corrected chi connectivity index (χ4v) is 5.54. The number of hydrogen-bond donors (Lipinski definition) is 0. The lowest BCUT2D eigenvalue weighted by molar-refractivity contribution is 0.0906. The first kappa shape index (κ1) is 14.0. The Hall–Kier alpha value is -1.00. The number of ketones is 1. The molecule has 4 heteroatoms. The van der Waals surface area contributed by atoms with Crippen LogP contribution in [0.25, 0.3) is 0 Å². The van der Waals surface area contributed by atoms with Crippen LogP contribution in [0, 0.1) is 5.92 Å². The Bertz CT molecular complexity index is 507. The Labute approximate surface area is 122 Å². The third-order valence-corrected chi connectivity index (χ3v) is 6.65. The Morgan fingerprint density at radius 2 is 1.80 bits per heavy atom. The van der Waals surface area contributed by atoms with E-state index in [1.807, 2.05) is 24.3 Å². The van der Waals surface area contributed by atoms with Gasteiger partial charge in [0.05, 0.1) is 6.61 Å². The fraction of sp³-hybridized carbons (Fsp3) is 0.562. The van der Waals surface area contributed by atoms with E-state index in [2.05, 4.69) is 0 Å². The molecule has 2 fully saturated rings. The predicted octanol–water partition coefficient (Wildman–Crippen LogP) is 2.71. The van der Waals surface area contributed by atoms with E-state index in [0.717, 1.165) is 36.8 Å². The van der Waals surface area contributed by atoms with Crippen LogP contribution in [0.5, 0.6) is 0 Å². The SMILES string of the molecule is COCc1ccc(C(=O)C2CC3CCC(C2)S3=O)cc1. The Balaban J connectivity index is 1.71. The van der Waals surface area contributed by atoms with Crippen LogP contribution in [0.1, 0.15) is 41.6 Å². The van der Waals surface area contributed by atoms with Gasteiger partial charge in [-0.05, 0) is 31.2 Å². The molecule has 2 aliphatic rings. The molecule has 20 heavy (non-hydrogen) atoms. The van der Waals surface area contributed by atoms with Crippen LogP contribution >= 0.6 is 0 Å².